The molecule has 0 saturated heterocycles. The standard InChI is InChI=1S/C15H9Cl2NO3S/c1-8(19)20-15-13(11-6-7-12(17)22-11)21-14(18-15)9-2-4-10(16)5-3-9/h2-7H,1H3. The number of aromatic nitrogens is 1. The Labute approximate surface area is 140 Å². The van der Waals surface area contributed by atoms with Crippen molar-refractivity contribution in [1.29, 1.82) is 0 Å². The predicted molar refractivity (Wildman–Crippen MR) is 86.6 cm³/mol. The summed E-state index contributed by atoms with van der Waals surface area (Å²) in [6.07, 6.45) is 0. The van der Waals surface area contributed by atoms with Crippen molar-refractivity contribution in [3.8, 4) is 28.0 Å². The number of thiophene rings is 1. The minimum Gasteiger partial charge on any atom is -0.431 e. The summed E-state index contributed by atoms with van der Waals surface area (Å²) in [5, 5.41) is 0.612. The van der Waals surface area contributed by atoms with E-state index in [4.69, 9.17) is 32.4 Å². The summed E-state index contributed by atoms with van der Waals surface area (Å²) < 4.78 is 11.5. The normalized spacial score (nSPS) is 10.7. The lowest BCUT2D eigenvalue weighted by Crippen LogP contribution is -2.02. The third kappa shape index (κ3) is 3.16. The van der Waals surface area contributed by atoms with Crippen LogP contribution >= 0.6 is 34.5 Å². The molecule has 0 amide bonds. The fraction of sp³-hybridized carbons (Fsp3) is 0.0667. The Hall–Kier alpha value is -1.82. The summed E-state index contributed by atoms with van der Waals surface area (Å²) >= 11 is 13.1. The molecule has 2 aromatic heterocycles. The summed E-state index contributed by atoms with van der Waals surface area (Å²) in [7, 11) is 0. The number of ether oxygens (including phenoxy) is 1. The number of oxazole rings is 1. The number of carbonyl (C=O) groups is 1. The van der Waals surface area contributed by atoms with E-state index in [1.165, 1.54) is 18.3 Å². The van der Waals surface area contributed by atoms with E-state index in [0.29, 0.717) is 21.0 Å². The van der Waals surface area contributed by atoms with Crippen LogP contribution < -0.4 is 4.74 Å². The molecule has 1 aromatic carbocycles. The topological polar surface area (TPSA) is 52.3 Å². The molecule has 3 aromatic rings. The monoisotopic (exact) mass is 353 g/mol. The highest BCUT2D eigenvalue weighted by Gasteiger charge is 2.20. The lowest BCUT2D eigenvalue weighted by molar-refractivity contribution is -0.132. The van der Waals surface area contributed by atoms with Gasteiger partial charge in [-0.3, -0.25) is 4.79 Å². The molecule has 0 aliphatic rings. The van der Waals surface area contributed by atoms with Gasteiger partial charge < -0.3 is 9.15 Å². The van der Waals surface area contributed by atoms with Crippen LogP contribution in [0.5, 0.6) is 5.88 Å². The molecule has 0 aliphatic carbocycles. The molecule has 2 heterocycles. The van der Waals surface area contributed by atoms with E-state index in [2.05, 4.69) is 4.98 Å². The van der Waals surface area contributed by atoms with Crippen molar-refractivity contribution in [2.75, 3.05) is 0 Å². The molecule has 0 bridgehead atoms. The fourth-order valence-corrected chi connectivity index (χ4v) is 2.96. The Morgan fingerprint density at radius 3 is 2.50 bits per heavy atom. The van der Waals surface area contributed by atoms with E-state index >= 15 is 0 Å². The highest BCUT2D eigenvalue weighted by Crippen LogP contribution is 2.39. The minimum atomic E-state index is -0.472. The molecule has 0 atom stereocenters. The van der Waals surface area contributed by atoms with E-state index in [0.717, 1.165) is 10.4 Å². The number of rotatable bonds is 3. The van der Waals surface area contributed by atoms with Crippen LogP contribution in [0.25, 0.3) is 22.1 Å². The van der Waals surface area contributed by atoms with Gasteiger partial charge in [-0.15, -0.1) is 11.3 Å². The SMILES string of the molecule is CC(=O)Oc1nc(-c2ccc(Cl)cc2)oc1-c1ccc(Cl)s1. The number of hydrogen-bond donors (Lipinski definition) is 0. The third-order valence-corrected chi connectivity index (χ3v) is 4.21. The van der Waals surface area contributed by atoms with Crippen molar-refractivity contribution in [3.63, 3.8) is 0 Å². The van der Waals surface area contributed by atoms with E-state index in [1.54, 1.807) is 36.4 Å². The molecule has 0 unspecified atom stereocenters. The Morgan fingerprint density at radius 2 is 1.91 bits per heavy atom. The van der Waals surface area contributed by atoms with Crippen LogP contribution in [0.2, 0.25) is 9.36 Å². The number of halogens is 2. The Balaban J connectivity index is 2.07. The molecule has 0 spiro atoms. The van der Waals surface area contributed by atoms with Crippen LogP contribution in [0.15, 0.2) is 40.8 Å². The van der Waals surface area contributed by atoms with Gasteiger partial charge in [-0.2, -0.15) is 4.98 Å². The van der Waals surface area contributed by atoms with E-state index in [9.17, 15) is 4.79 Å². The van der Waals surface area contributed by atoms with Crippen molar-refractivity contribution in [1.82, 2.24) is 4.98 Å². The van der Waals surface area contributed by atoms with Crippen molar-refractivity contribution in [2.45, 2.75) is 6.92 Å². The predicted octanol–water partition coefficient (Wildman–Crippen LogP) is 5.30. The minimum absolute atomic E-state index is 0.121. The molecule has 0 saturated carbocycles. The number of esters is 1. The summed E-state index contributed by atoms with van der Waals surface area (Å²) in [5.41, 5.74) is 0.728. The van der Waals surface area contributed by atoms with Crippen LogP contribution in [0.4, 0.5) is 0 Å². The summed E-state index contributed by atoms with van der Waals surface area (Å²) in [5.74, 6) is 0.361. The van der Waals surface area contributed by atoms with Gasteiger partial charge in [0.05, 0.1) is 9.21 Å². The van der Waals surface area contributed by atoms with Crippen molar-refractivity contribution >= 4 is 40.5 Å². The largest absolute Gasteiger partial charge is 0.431 e. The second-order valence-corrected chi connectivity index (χ2v) is 6.51. The smallest absolute Gasteiger partial charge is 0.309 e. The van der Waals surface area contributed by atoms with Crippen LogP contribution in [0.3, 0.4) is 0 Å². The first-order valence-corrected chi connectivity index (χ1v) is 7.81. The van der Waals surface area contributed by atoms with Crippen LogP contribution in [-0.4, -0.2) is 11.0 Å². The lowest BCUT2D eigenvalue weighted by atomic mass is 10.2. The molecule has 0 radical (unpaired) electrons. The summed E-state index contributed by atoms with van der Waals surface area (Å²) in [6.45, 7) is 1.31. The number of carbonyl (C=O) groups excluding carboxylic acids is 1. The second-order valence-electron chi connectivity index (χ2n) is 4.36. The summed E-state index contributed by atoms with van der Waals surface area (Å²) in [6, 6.07) is 10.5. The van der Waals surface area contributed by atoms with Gasteiger partial charge in [0.15, 0.2) is 0 Å². The van der Waals surface area contributed by atoms with Crippen LogP contribution in [0, 0.1) is 0 Å². The van der Waals surface area contributed by atoms with Gasteiger partial charge in [-0.25, -0.2) is 0 Å². The molecular weight excluding hydrogens is 345 g/mol. The van der Waals surface area contributed by atoms with Crippen LogP contribution in [0.1, 0.15) is 6.92 Å². The number of nitrogens with zero attached hydrogens (tertiary/aromatic N) is 1. The Bertz CT molecular complexity index is 824. The molecule has 22 heavy (non-hydrogen) atoms. The van der Waals surface area contributed by atoms with Gasteiger partial charge in [0.2, 0.25) is 11.7 Å². The van der Waals surface area contributed by atoms with Crippen molar-refractivity contribution in [3.05, 3.63) is 45.8 Å². The molecule has 112 valence electrons. The lowest BCUT2D eigenvalue weighted by Gasteiger charge is -1.96. The molecule has 0 fully saturated rings. The average molecular weight is 354 g/mol. The maximum atomic E-state index is 11.2. The molecule has 0 N–H and O–H groups in total. The maximum Gasteiger partial charge on any atom is 0.309 e. The highest BCUT2D eigenvalue weighted by atomic mass is 35.5. The van der Waals surface area contributed by atoms with Crippen molar-refractivity contribution < 1.29 is 13.9 Å². The molecule has 7 heteroatoms. The third-order valence-electron chi connectivity index (χ3n) is 2.72. The van der Waals surface area contributed by atoms with Gasteiger partial charge in [0.1, 0.15) is 0 Å². The quantitative estimate of drug-likeness (QED) is 0.599. The zero-order valence-electron chi connectivity index (χ0n) is 11.3. The van der Waals surface area contributed by atoms with Gasteiger partial charge in [-0.1, -0.05) is 23.2 Å². The first-order chi connectivity index (χ1) is 10.5. The van der Waals surface area contributed by atoms with Crippen LogP contribution in [-0.2, 0) is 4.79 Å². The van der Waals surface area contributed by atoms with E-state index in [1.807, 2.05) is 0 Å². The highest BCUT2D eigenvalue weighted by molar-refractivity contribution is 7.19. The van der Waals surface area contributed by atoms with Crippen molar-refractivity contribution in [2.24, 2.45) is 0 Å². The molecule has 0 aliphatic heterocycles. The first kappa shape index (κ1) is 15.1. The molecule has 4 nitrogen and oxygen atoms in total. The van der Waals surface area contributed by atoms with Gasteiger partial charge in [-0.05, 0) is 36.4 Å². The molecule has 3 rings (SSSR count). The average Bonchev–Trinajstić information content (AvgIpc) is 3.05. The van der Waals surface area contributed by atoms with Gasteiger partial charge >= 0.3 is 5.97 Å². The number of hydrogen-bond acceptors (Lipinski definition) is 5. The summed E-state index contributed by atoms with van der Waals surface area (Å²) in [4.78, 5) is 16.2. The first-order valence-electron chi connectivity index (χ1n) is 6.24. The van der Waals surface area contributed by atoms with E-state index < -0.39 is 5.97 Å². The fourth-order valence-electron chi connectivity index (χ4n) is 1.82. The Kier molecular flexibility index (Phi) is 4.20. The zero-order chi connectivity index (χ0) is 15.7. The van der Waals surface area contributed by atoms with E-state index in [-0.39, 0.29) is 5.88 Å². The zero-order valence-corrected chi connectivity index (χ0v) is 13.6. The Morgan fingerprint density at radius 1 is 1.18 bits per heavy atom. The second kappa shape index (κ2) is 6.12. The van der Waals surface area contributed by atoms with Gasteiger partial charge in [0, 0.05) is 17.5 Å². The van der Waals surface area contributed by atoms with Gasteiger partial charge in [0.25, 0.3) is 5.88 Å². The maximum absolute atomic E-state index is 11.2. The number of benzene rings is 1. The molecular formula is C15H9Cl2NO3S.